The molecule has 0 aliphatic carbocycles. The lowest BCUT2D eigenvalue weighted by Crippen LogP contribution is -1.98. The van der Waals surface area contributed by atoms with Crippen LogP contribution >= 0.6 is 15.9 Å². The molecular weight excluding hydrogens is 256 g/mol. The molecule has 0 aromatic heterocycles. The monoisotopic (exact) mass is 264 g/mol. The van der Waals surface area contributed by atoms with Crippen LogP contribution in [-0.2, 0) is 16.4 Å². The molecule has 3 nitrogen and oxygen atoms in total. The Bertz CT molecular complexity index is 411. The van der Waals surface area contributed by atoms with E-state index in [4.69, 9.17) is 5.11 Å². The fourth-order valence-corrected chi connectivity index (χ4v) is 1.95. The molecule has 0 saturated heterocycles. The van der Waals surface area contributed by atoms with Crippen LogP contribution in [0.1, 0.15) is 5.56 Å². The minimum absolute atomic E-state index is 0.177. The molecule has 1 aromatic carbocycles. The molecule has 0 radical (unpaired) electrons. The van der Waals surface area contributed by atoms with Crippen molar-refractivity contribution >= 4 is 25.8 Å². The summed E-state index contributed by atoms with van der Waals surface area (Å²) in [4.78, 5) is 0.222. The standard InChI is InChI=1S/C8H9BrO3S/c1-13(11,12)7-2-3-8(9)6(4-7)5-10/h2-4,10H,5H2,1H3. The lowest BCUT2D eigenvalue weighted by molar-refractivity contribution is 0.281. The predicted octanol–water partition coefficient (Wildman–Crippen LogP) is 1.34. The van der Waals surface area contributed by atoms with Gasteiger partial charge in [-0.25, -0.2) is 8.42 Å². The summed E-state index contributed by atoms with van der Waals surface area (Å²) in [5.74, 6) is 0. The minimum Gasteiger partial charge on any atom is -0.392 e. The van der Waals surface area contributed by atoms with E-state index in [-0.39, 0.29) is 11.5 Å². The molecule has 0 saturated carbocycles. The van der Waals surface area contributed by atoms with Gasteiger partial charge in [0, 0.05) is 10.7 Å². The molecule has 1 rings (SSSR count). The molecule has 0 spiro atoms. The number of aliphatic hydroxyl groups excluding tert-OH is 1. The molecular formula is C8H9BrO3S. The SMILES string of the molecule is CS(=O)(=O)c1ccc(Br)c(CO)c1. The van der Waals surface area contributed by atoms with Crippen LogP contribution in [0, 0.1) is 0 Å². The molecule has 0 bridgehead atoms. The second-order valence-electron chi connectivity index (χ2n) is 2.68. The molecule has 0 amide bonds. The Morgan fingerprint density at radius 1 is 1.46 bits per heavy atom. The number of rotatable bonds is 2. The highest BCUT2D eigenvalue weighted by molar-refractivity contribution is 9.10. The fraction of sp³-hybridized carbons (Fsp3) is 0.250. The van der Waals surface area contributed by atoms with Crippen molar-refractivity contribution in [2.75, 3.05) is 6.26 Å². The van der Waals surface area contributed by atoms with Gasteiger partial charge in [0.2, 0.25) is 0 Å². The highest BCUT2D eigenvalue weighted by Crippen LogP contribution is 2.20. The fourth-order valence-electron chi connectivity index (χ4n) is 0.903. The summed E-state index contributed by atoms with van der Waals surface area (Å²) >= 11 is 3.20. The first-order valence-corrected chi connectivity index (χ1v) is 6.23. The summed E-state index contributed by atoms with van der Waals surface area (Å²) in [5.41, 5.74) is 0.572. The highest BCUT2D eigenvalue weighted by Gasteiger charge is 2.08. The summed E-state index contributed by atoms with van der Waals surface area (Å²) in [7, 11) is -3.18. The van der Waals surface area contributed by atoms with Gasteiger partial charge in [-0.1, -0.05) is 15.9 Å². The van der Waals surface area contributed by atoms with E-state index < -0.39 is 9.84 Å². The number of benzene rings is 1. The molecule has 0 heterocycles. The maximum Gasteiger partial charge on any atom is 0.175 e. The van der Waals surface area contributed by atoms with Crippen molar-refractivity contribution < 1.29 is 13.5 Å². The molecule has 13 heavy (non-hydrogen) atoms. The lowest BCUT2D eigenvalue weighted by atomic mass is 10.2. The Morgan fingerprint density at radius 2 is 2.08 bits per heavy atom. The van der Waals surface area contributed by atoms with E-state index in [9.17, 15) is 8.42 Å². The molecule has 0 unspecified atom stereocenters. The molecule has 0 aliphatic heterocycles. The number of halogens is 1. The minimum atomic E-state index is -3.18. The van der Waals surface area contributed by atoms with Gasteiger partial charge in [-0.3, -0.25) is 0 Å². The molecule has 5 heteroatoms. The van der Waals surface area contributed by atoms with Crippen molar-refractivity contribution in [2.24, 2.45) is 0 Å². The smallest absolute Gasteiger partial charge is 0.175 e. The van der Waals surface area contributed by atoms with Gasteiger partial charge in [0.1, 0.15) is 0 Å². The van der Waals surface area contributed by atoms with Crippen molar-refractivity contribution in [3.05, 3.63) is 28.2 Å². The van der Waals surface area contributed by atoms with E-state index in [2.05, 4.69) is 15.9 Å². The average molecular weight is 265 g/mol. The maximum absolute atomic E-state index is 11.1. The van der Waals surface area contributed by atoms with E-state index in [1.54, 1.807) is 6.07 Å². The third-order valence-corrected chi connectivity index (χ3v) is 3.50. The van der Waals surface area contributed by atoms with Crippen LogP contribution in [-0.4, -0.2) is 19.8 Å². The van der Waals surface area contributed by atoms with Crippen LogP contribution in [0.4, 0.5) is 0 Å². The summed E-state index contributed by atoms with van der Waals surface area (Å²) in [6, 6.07) is 4.57. The van der Waals surface area contributed by atoms with Gasteiger partial charge in [0.15, 0.2) is 9.84 Å². The zero-order valence-corrected chi connectivity index (χ0v) is 9.39. The number of hydrogen-bond acceptors (Lipinski definition) is 3. The molecule has 0 atom stereocenters. The summed E-state index contributed by atoms with van der Waals surface area (Å²) < 4.78 is 22.9. The van der Waals surface area contributed by atoms with Crippen LogP contribution in [0.5, 0.6) is 0 Å². The Balaban J connectivity index is 3.30. The topological polar surface area (TPSA) is 54.4 Å². The Hall–Kier alpha value is -0.390. The van der Waals surface area contributed by atoms with Gasteiger partial charge >= 0.3 is 0 Å². The number of sulfone groups is 1. The summed E-state index contributed by atoms with van der Waals surface area (Å²) in [6.07, 6.45) is 1.14. The Labute approximate surface area is 85.4 Å². The zero-order valence-electron chi connectivity index (χ0n) is 6.99. The first-order valence-electron chi connectivity index (χ1n) is 3.54. The highest BCUT2D eigenvalue weighted by atomic mass is 79.9. The third-order valence-electron chi connectivity index (χ3n) is 1.62. The first kappa shape index (κ1) is 10.7. The van der Waals surface area contributed by atoms with Crippen LogP contribution < -0.4 is 0 Å². The molecule has 1 N–H and O–H groups in total. The van der Waals surface area contributed by atoms with Crippen LogP contribution in [0.3, 0.4) is 0 Å². The average Bonchev–Trinajstić information content (AvgIpc) is 2.03. The predicted molar refractivity (Wildman–Crippen MR) is 53.2 cm³/mol. The van der Waals surface area contributed by atoms with Gasteiger partial charge < -0.3 is 5.11 Å². The van der Waals surface area contributed by atoms with Crippen molar-refractivity contribution in [2.45, 2.75) is 11.5 Å². The van der Waals surface area contributed by atoms with Crippen LogP contribution in [0.25, 0.3) is 0 Å². The normalized spacial score (nSPS) is 11.6. The number of hydrogen-bond donors (Lipinski definition) is 1. The van der Waals surface area contributed by atoms with Crippen molar-refractivity contribution in [1.29, 1.82) is 0 Å². The second kappa shape index (κ2) is 3.77. The molecule has 0 fully saturated rings. The molecule has 1 aromatic rings. The van der Waals surface area contributed by atoms with Crippen molar-refractivity contribution in [3.8, 4) is 0 Å². The van der Waals surface area contributed by atoms with Gasteiger partial charge in [-0.2, -0.15) is 0 Å². The Morgan fingerprint density at radius 3 is 2.54 bits per heavy atom. The van der Waals surface area contributed by atoms with Gasteiger partial charge in [-0.15, -0.1) is 0 Å². The van der Waals surface area contributed by atoms with Gasteiger partial charge in [-0.05, 0) is 23.8 Å². The van der Waals surface area contributed by atoms with Crippen molar-refractivity contribution in [3.63, 3.8) is 0 Å². The summed E-state index contributed by atoms with van der Waals surface area (Å²) in [6.45, 7) is -0.177. The third kappa shape index (κ3) is 2.52. The Kier molecular flexibility index (Phi) is 3.10. The van der Waals surface area contributed by atoms with E-state index in [1.807, 2.05) is 0 Å². The maximum atomic E-state index is 11.1. The van der Waals surface area contributed by atoms with E-state index in [0.717, 1.165) is 6.26 Å². The number of aliphatic hydroxyl groups is 1. The van der Waals surface area contributed by atoms with Crippen molar-refractivity contribution in [1.82, 2.24) is 0 Å². The quantitative estimate of drug-likeness (QED) is 0.878. The van der Waals surface area contributed by atoms with Gasteiger partial charge in [0.05, 0.1) is 11.5 Å². The zero-order chi connectivity index (χ0) is 10.1. The van der Waals surface area contributed by atoms with Crippen LogP contribution in [0.15, 0.2) is 27.6 Å². The largest absolute Gasteiger partial charge is 0.392 e. The van der Waals surface area contributed by atoms with E-state index in [0.29, 0.717) is 10.0 Å². The second-order valence-corrected chi connectivity index (χ2v) is 5.55. The molecule has 0 aliphatic rings. The van der Waals surface area contributed by atoms with E-state index in [1.165, 1.54) is 12.1 Å². The first-order chi connectivity index (χ1) is 5.95. The van der Waals surface area contributed by atoms with E-state index >= 15 is 0 Å². The van der Waals surface area contributed by atoms with Gasteiger partial charge in [0.25, 0.3) is 0 Å². The molecule has 72 valence electrons. The summed E-state index contributed by atoms with van der Waals surface area (Å²) in [5, 5.41) is 8.88. The lowest BCUT2D eigenvalue weighted by Gasteiger charge is -2.03. The van der Waals surface area contributed by atoms with Crippen LogP contribution in [0.2, 0.25) is 0 Å².